The summed E-state index contributed by atoms with van der Waals surface area (Å²) in [6.07, 6.45) is 0. The second-order valence-corrected chi connectivity index (χ2v) is 6.78. The zero-order valence-electron chi connectivity index (χ0n) is 12.0. The van der Waals surface area contributed by atoms with Gasteiger partial charge in [0.15, 0.2) is 0 Å². The number of rotatable bonds is 3. The first kappa shape index (κ1) is 16.4. The van der Waals surface area contributed by atoms with Crippen molar-refractivity contribution in [3.05, 3.63) is 47.1 Å². The van der Waals surface area contributed by atoms with Gasteiger partial charge < -0.3 is 5.73 Å². The van der Waals surface area contributed by atoms with Gasteiger partial charge in [0.2, 0.25) is 0 Å². The molecule has 2 heterocycles. The van der Waals surface area contributed by atoms with Gasteiger partial charge in [-0.15, -0.1) is 23.7 Å². The molecule has 0 radical (unpaired) electrons. The van der Waals surface area contributed by atoms with Crippen LogP contribution in [0.3, 0.4) is 0 Å². The molecule has 2 aromatic rings. The van der Waals surface area contributed by atoms with Crippen LogP contribution in [0.1, 0.15) is 11.8 Å². The van der Waals surface area contributed by atoms with E-state index >= 15 is 0 Å². The number of hydrogen-bond acceptors (Lipinski definition) is 3. The zero-order chi connectivity index (χ0) is 14.1. The maximum Gasteiger partial charge on any atom is 0.123 e. The lowest BCUT2D eigenvalue weighted by atomic mass is 10.1. The van der Waals surface area contributed by atoms with Gasteiger partial charge in [0.1, 0.15) is 5.82 Å². The van der Waals surface area contributed by atoms with E-state index in [0.29, 0.717) is 12.0 Å². The van der Waals surface area contributed by atoms with Crippen molar-refractivity contribution in [3.63, 3.8) is 0 Å². The first-order valence-corrected chi connectivity index (χ1v) is 7.76. The van der Waals surface area contributed by atoms with Crippen LogP contribution in [0.25, 0.3) is 10.4 Å². The molecule has 1 aromatic heterocycles. The van der Waals surface area contributed by atoms with Crippen molar-refractivity contribution in [2.45, 2.75) is 19.5 Å². The Morgan fingerprint density at radius 3 is 2.52 bits per heavy atom. The van der Waals surface area contributed by atoms with Gasteiger partial charge in [-0.1, -0.05) is 19.1 Å². The monoisotopic (exact) mass is 326 g/mol. The van der Waals surface area contributed by atoms with Gasteiger partial charge in [0, 0.05) is 35.4 Å². The lowest BCUT2D eigenvalue weighted by Gasteiger charge is -2.13. The van der Waals surface area contributed by atoms with Crippen molar-refractivity contribution >= 4 is 23.7 Å². The molecule has 0 bridgehead atoms. The van der Waals surface area contributed by atoms with Crippen LogP contribution in [0.4, 0.5) is 4.39 Å². The van der Waals surface area contributed by atoms with E-state index in [9.17, 15) is 4.39 Å². The molecule has 2 unspecified atom stereocenters. The average Bonchev–Trinajstić information content (AvgIpc) is 2.99. The van der Waals surface area contributed by atoms with Crippen LogP contribution in [-0.4, -0.2) is 24.0 Å². The third-order valence-corrected chi connectivity index (χ3v) is 5.04. The second-order valence-electron chi connectivity index (χ2n) is 5.61. The number of thiophene rings is 1. The second kappa shape index (κ2) is 6.88. The maximum absolute atomic E-state index is 12.9. The fourth-order valence-electron chi connectivity index (χ4n) is 2.68. The molecule has 2 atom stereocenters. The standard InChI is InChI=1S/C16H19FN2S.ClH/c1-11-8-19(10-15(11)18)9-14-6-7-16(20-14)12-2-4-13(17)5-3-12;/h2-7,11,15H,8-10,18H2,1H3;1H. The van der Waals surface area contributed by atoms with E-state index < -0.39 is 0 Å². The molecule has 1 aliphatic rings. The number of nitrogens with zero attached hydrogens (tertiary/aromatic N) is 1. The van der Waals surface area contributed by atoms with E-state index in [1.165, 1.54) is 21.9 Å². The van der Waals surface area contributed by atoms with Crippen molar-refractivity contribution < 1.29 is 4.39 Å². The van der Waals surface area contributed by atoms with Crippen LogP contribution < -0.4 is 5.73 Å². The summed E-state index contributed by atoms with van der Waals surface area (Å²) in [6, 6.07) is 11.3. The summed E-state index contributed by atoms with van der Waals surface area (Å²) in [5.74, 6) is 0.386. The SMILES string of the molecule is CC1CN(Cc2ccc(-c3ccc(F)cc3)s2)CC1N.Cl. The molecular formula is C16H20ClFN2S. The van der Waals surface area contributed by atoms with Crippen LogP contribution in [0.15, 0.2) is 36.4 Å². The number of likely N-dealkylation sites (tertiary alicyclic amines) is 1. The van der Waals surface area contributed by atoms with Crippen molar-refractivity contribution in [1.82, 2.24) is 4.90 Å². The highest BCUT2D eigenvalue weighted by atomic mass is 35.5. The Balaban J connectivity index is 0.00000161. The van der Waals surface area contributed by atoms with Gasteiger partial charge in [-0.25, -0.2) is 4.39 Å². The van der Waals surface area contributed by atoms with E-state index in [2.05, 4.69) is 24.0 Å². The molecule has 1 fully saturated rings. The topological polar surface area (TPSA) is 29.3 Å². The largest absolute Gasteiger partial charge is 0.326 e. The van der Waals surface area contributed by atoms with Gasteiger partial charge in [-0.05, 0) is 35.7 Å². The molecule has 2 nitrogen and oxygen atoms in total. The minimum Gasteiger partial charge on any atom is -0.326 e. The fraction of sp³-hybridized carbons (Fsp3) is 0.375. The molecule has 0 saturated carbocycles. The van der Waals surface area contributed by atoms with Gasteiger partial charge >= 0.3 is 0 Å². The Labute approximate surface area is 135 Å². The Morgan fingerprint density at radius 2 is 1.90 bits per heavy atom. The number of benzene rings is 1. The average molecular weight is 327 g/mol. The molecule has 21 heavy (non-hydrogen) atoms. The normalized spacial score (nSPS) is 22.2. The van der Waals surface area contributed by atoms with Crippen molar-refractivity contribution in [3.8, 4) is 10.4 Å². The molecule has 0 amide bonds. The Kier molecular flexibility index (Phi) is 5.38. The highest BCUT2D eigenvalue weighted by molar-refractivity contribution is 7.15. The fourth-order valence-corrected chi connectivity index (χ4v) is 3.73. The molecule has 0 aliphatic carbocycles. The molecule has 0 spiro atoms. The summed E-state index contributed by atoms with van der Waals surface area (Å²) in [6.45, 7) is 5.23. The van der Waals surface area contributed by atoms with Crippen LogP contribution >= 0.6 is 23.7 Å². The molecule has 1 saturated heterocycles. The highest BCUT2D eigenvalue weighted by Gasteiger charge is 2.26. The van der Waals surface area contributed by atoms with Gasteiger partial charge in [-0.3, -0.25) is 4.90 Å². The Hall–Kier alpha value is -0.940. The molecule has 1 aromatic carbocycles. The number of hydrogen-bond donors (Lipinski definition) is 1. The van der Waals surface area contributed by atoms with E-state index in [-0.39, 0.29) is 18.2 Å². The van der Waals surface area contributed by atoms with Gasteiger partial charge in [-0.2, -0.15) is 0 Å². The molecule has 2 N–H and O–H groups in total. The minimum atomic E-state index is -0.189. The van der Waals surface area contributed by atoms with E-state index in [0.717, 1.165) is 25.2 Å². The van der Waals surface area contributed by atoms with Crippen molar-refractivity contribution in [2.75, 3.05) is 13.1 Å². The first-order chi connectivity index (χ1) is 9.61. The lowest BCUT2D eigenvalue weighted by Crippen LogP contribution is -2.28. The van der Waals surface area contributed by atoms with Crippen molar-refractivity contribution in [1.29, 1.82) is 0 Å². The smallest absolute Gasteiger partial charge is 0.123 e. The van der Waals surface area contributed by atoms with Crippen molar-refractivity contribution in [2.24, 2.45) is 11.7 Å². The predicted octanol–water partition coefficient (Wildman–Crippen LogP) is 3.76. The van der Waals surface area contributed by atoms with Crippen LogP contribution in [0.5, 0.6) is 0 Å². The van der Waals surface area contributed by atoms with E-state index in [1.807, 2.05) is 12.1 Å². The molecular weight excluding hydrogens is 307 g/mol. The summed E-state index contributed by atoms with van der Waals surface area (Å²) in [7, 11) is 0. The Morgan fingerprint density at radius 1 is 1.19 bits per heavy atom. The first-order valence-electron chi connectivity index (χ1n) is 6.94. The third kappa shape index (κ3) is 3.83. The maximum atomic E-state index is 12.9. The van der Waals surface area contributed by atoms with Gasteiger partial charge in [0.05, 0.1) is 0 Å². The summed E-state index contributed by atoms with van der Waals surface area (Å²) in [5.41, 5.74) is 7.14. The summed E-state index contributed by atoms with van der Waals surface area (Å²) >= 11 is 1.78. The quantitative estimate of drug-likeness (QED) is 0.930. The van der Waals surface area contributed by atoms with E-state index in [4.69, 9.17) is 5.73 Å². The third-order valence-electron chi connectivity index (χ3n) is 3.92. The van der Waals surface area contributed by atoms with Crippen LogP contribution in [0, 0.1) is 11.7 Å². The number of halogens is 2. The molecule has 3 rings (SSSR count). The van der Waals surface area contributed by atoms with Crippen LogP contribution in [0.2, 0.25) is 0 Å². The lowest BCUT2D eigenvalue weighted by molar-refractivity contribution is 0.322. The highest BCUT2D eigenvalue weighted by Crippen LogP contribution is 2.29. The molecule has 114 valence electrons. The zero-order valence-corrected chi connectivity index (χ0v) is 13.6. The summed E-state index contributed by atoms with van der Waals surface area (Å²) in [5, 5.41) is 0. The minimum absolute atomic E-state index is 0. The predicted molar refractivity (Wildman–Crippen MR) is 89.4 cm³/mol. The summed E-state index contributed by atoms with van der Waals surface area (Å²) < 4.78 is 12.9. The molecule has 1 aliphatic heterocycles. The number of nitrogens with two attached hydrogens (primary N) is 1. The molecule has 5 heteroatoms. The van der Waals surface area contributed by atoms with Gasteiger partial charge in [0.25, 0.3) is 0 Å². The van der Waals surface area contributed by atoms with E-state index in [1.54, 1.807) is 11.3 Å². The summed E-state index contributed by atoms with van der Waals surface area (Å²) in [4.78, 5) is 4.94. The Bertz CT molecular complexity index is 574. The van der Waals surface area contributed by atoms with Crippen LogP contribution in [-0.2, 0) is 6.54 Å².